The maximum absolute atomic E-state index is 12.3. The molecule has 1 atom stereocenters. The third kappa shape index (κ3) is 4.91. The Bertz CT molecular complexity index is 1130. The molecule has 0 aliphatic carbocycles. The van der Waals surface area contributed by atoms with Gasteiger partial charge in [0.2, 0.25) is 0 Å². The Kier molecular flexibility index (Phi) is 6.28. The van der Waals surface area contributed by atoms with E-state index in [2.05, 4.69) is 10.3 Å². The number of rotatable bonds is 6. The van der Waals surface area contributed by atoms with Gasteiger partial charge in [0.15, 0.2) is 11.2 Å². The van der Waals surface area contributed by atoms with Crippen molar-refractivity contribution < 1.29 is 19.2 Å². The van der Waals surface area contributed by atoms with Crippen LogP contribution in [0.4, 0.5) is 16.5 Å². The fraction of sp³-hybridized carbons (Fsp3) is 0.105. The quantitative estimate of drug-likeness (QED) is 0.251. The lowest BCUT2D eigenvalue weighted by molar-refractivity contribution is -0.384. The number of benzene rings is 2. The molecule has 0 saturated heterocycles. The van der Waals surface area contributed by atoms with E-state index in [9.17, 15) is 19.7 Å². The summed E-state index contributed by atoms with van der Waals surface area (Å²) in [6, 6.07) is 10.3. The van der Waals surface area contributed by atoms with E-state index < -0.39 is 22.9 Å². The van der Waals surface area contributed by atoms with Crippen molar-refractivity contribution in [3.05, 3.63) is 68.5 Å². The lowest BCUT2D eigenvalue weighted by atomic mass is 10.1. The van der Waals surface area contributed by atoms with Crippen LogP contribution in [0.2, 0.25) is 5.02 Å². The van der Waals surface area contributed by atoms with Crippen LogP contribution < -0.4 is 11.1 Å². The van der Waals surface area contributed by atoms with E-state index in [0.29, 0.717) is 16.3 Å². The van der Waals surface area contributed by atoms with E-state index in [1.54, 1.807) is 17.5 Å². The first-order valence-electron chi connectivity index (χ1n) is 8.52. The smallest absolute Gasteiger partial charge is 0.341 e. The Labute approximate surface area is 179 Å². The van der Waals surface area contributed by atoms with Gasteiger partial charge < -0.3 is 10.5 Å². The molecule has 0 bridgehead atoms. The summed E-state index contributed by atoms with van der Waals surface area (Å²) < 4.78 is 5.15. The van der Waals surface area contributed by atoms with Gasteiger partial charge in [0.1, 0.15) is 0 Å². The van der Waals surface area contributed by atoms with Gasteiger partial charge in [-0.05, 0) is 25.1 Å². The van der Waals surface area contributed by atoms with Crippen LogP contribution in [0.25, 0.3) is 11.3 Å². The van der Waals surface area contributed by atoms with E-state index in [-0.39, 0.29) is 22.1 Å². The highest BCUT2D eigenvalue weighted by atomic mass is 35.5. The van der Waals surface area contributed by atoms with Gasteiger partial charge in [0.25, 0.3) is 11.6 Å². The van der Waals surface area contributed by atoms with Crippen molar-refractivity contribution in [2.24, 2.45) is 0 Å². The van der Waals surface area contributed by atoms with Gasteiger partial charge in [0.05, 0.1) is 16.2 Å². The minimum Gasteiger partial charge on any atom is -0.449 e. The van der Waals surface area contributed by atoms with Crippen molar-refractivity contribution in [1.29, 1.82) is 0 Å². The summed E-state index contributed by atoms with van der Waals surface area (Å²) in [7, 11) is 0. The number of carbonyl (C=O) groups excluding carboxylic acids is 2. The number of nitrogens with zero attached hydrogens (tertiary/aromatic N) is 2. The third-order valence-corrected chi connectivity index (χ3v) is 4.97. The predicted octanol–water partition coefficient (Wildman–Crippen LogP) is 4.14. The zero-order valence-electron chi connectivity index (χ0n) is 15.5. The van der Waals surface area contributed by atoms with E-state index in [0.717, 1.165) is 11.3 Å². The topological polar surface area (TPSA) is 137 Å². The number of nitro groups is 1. The van der Waals surface area contributed by atoms with E-state index in [4.69, 9.17) is 22.1 Å². The van der Waals surface area contributed by atoms with Gasteiger partial charge in [-0.3, -0.25) is 20.2 Å². The van der Waals surface area contributed by atoms with Crippen LogP contribution >= 0.6 is 22.9 Å². The molecule has 3 aromatic rings. The maximum Gasteiger partial charge on any atom is 0.341 e. The number of nitrogen functional groups attached to an aromatic ring is 1. The molecule has 0 fully saturated rings. The Balaban J connectivity index is 1.65. The van der Waals surface area contributed by atoms with Gasteiger partial charge in [0, 0.05) is 33.8 Å². The fourth-order valence-corrected chi connectivity index (χ4v) is 3.35. The average molecular weight is 447 g/mol. The minimum atomic E-state index is -1.11. The maximum atomic E-state index is 12.3. The second-order valence-electron chi connectivity index (χ2n) is 6.11. The van der Waals surface area contributed by atoms with Crippen LogP contribution in [-0.4, -0.2) is 27.9 Å². The first-order chi connectivity index (χ1) is 14.2. The van der Waals surface area contributed by atoms with E-state index in [1.807, 2.05) is 0 Å². The number of halogens is 1. The molecule has 11 heteroatoms. The van der Waals surface area contributed by atoms with Crippen molar-refractivity contribution in [1.82, 2.24) is 4.98 Å². The van der Waals surface area contributed by atoms with Crippen LogP contribution in [-0.2, 0) is 9.53 Å². The molecule has 3 N–H and O–H groups in total. The number of nitrogens with two attached hydrogens (primary N) is 1. The Morgan fingerprint density at radius 3 is 2.77 bits per heavy atom. The molecule has 30 heavy (non-hydrogen) atoms. The molecule has 1 aromatic heterocycles. The van der Waals surface area contributed by atoms with Crippen LogP contribution in [0.3, 0.4) is 0 Å². The predicted molar refractivity (Wildman–Crippen MR) is 114 cm³/mol. The van der Waals surface area contributed by atoms with Crippen LogP contribution in [0.15, 0.2) is 47.8 Å². The fourth-order valence-electron chi connectivity index (χ4n) is 2.45. The number of non-ortho nitro benzene ring substituents is 1. The third-order valence-electron chi connectivity index (χ3n) is 3.97. The number of esters is 1. The zero-order chi connectivity index (χ0) is 21.8. The highest BCUT2D eigenvalue weighted by molar-refractivity contribution is 7.14. The monoisotopic (exact) mass is 446 g/mol. The first-order valence-corrected chi connectivity index (χ1v) is 9.77. The highest BCUT2D eigenvalue weighted by Crippen LogP contribution is 2.27. The number of carbonyl (C=O) groups is 2. The molecule has 9 nitrogen and oxygen atoms in total. The molecular formula is C19H15ClN4O5S. The summed E-state index contributed by atoms with van der Waals surface area (Å²) in [4.78, 5) is 39.2. The summed E-state index contributed by atoms with van der Waals surface area (Å²) >= 11 is 6.94. The molecule has 1 amide bonds. The summed E-state index contributed by atoms with van der Waals surface area (Å²) in [6.45, 7) is 1.41. The molecular weight excluding hydrogens is 432 g/mol. The first kappa shape index (κ1) is 21.2. The molecule has 0 spiro atoms. The molecule has 3 rings (SSSR count). The molecule has 2 aromatic carbocycles. The van der Waals surface area contributed by atoms with Gasteiger partial charge in [-0.2, -0.15) is 0 Å². The lowest BCUT2D eigenvalue weighted by Crippen LogP contribution is -2.30. The van der Waals surface area contributed by atoms with Crippen molar-refractivity contribution in [3.8, 4) is 11.3 Å². The lowest BCUT2D eigenvalue weighted by Gasteiger charge is -2.13. The van der Waals surface area contributed by atoms with Crippen LogP contribution in [0.1, 0.15) is 17.3 Å². The largest absolute Gasteiger partial charge is 0.449 e. The summed E-state index contributed by atoms with van der Waals surface area (Å²) in [5.41, 5.74) is 6.94. The Morgan fingerprint density at radius 1 is 1.30 bits per heavy atom. The number of aromatic nitrogens is 1. The summed E-state index contributed by atoms with van der Waals surface area (Å²) in [5.74, 6) is -1.35. The van der Waals surface area contributed by atoms with Gasteiger partial charge >= 0.3 is 5.97 Å². The molecule has 0 aliphatic rings. The van der Waals surface area contributed by atoms with E-state index in [1.165, 1.54) is 37.3 Å². The van der Waals surface area contributed by atoms with Crippen molar-refractivity contribution in [3.63, 3.8) is 0 Å². The molecule has 154 valence electrons. The SMILES string of the molecule is CC(OC(=O)c1ccc(Cl)cc1N)C(=O)Nc1nc(-c2cccc([N+](=O)[O-])c2)cs1. The number of hydrogen-bond donors (Lipinski definition) is 2. The summed E-state index contributed by atoms with van der Waals surface area (Å²) in [5, 5.41) is 15.8. The Hall–Kier alpha value is -3.50. The van der Waals surface area contributed by atoms with Crippen LogP contribution in [0.5, 0.6) is 0 Å². The van der Waals surface area contributed by atoms with Gasteiger partial charge in [-0.25, -0.2) is 9.78 Å². The number of thiazole rings is 1. The number of amides is 1. The number of nitrogens with one attached hydrogen (secondary N) is 1. The van der Waals surface area contributed by atoms with Crippen molar-refractivity contribution in [2.45, 2.75) is 13.0 Å². The molecule has 1 heterocycles. The van der Waals surface area contributed by atoms with E-state index >= 15 is 0 Å². The van der Waals surface area contributed by atoms with Crippen molar-refractivity contribution >= 4 is 51.3 Å². The Morgan fingerprint density at radius 2 is 2.07 bits per heavy atom. The molecule has 0 saturated carbocycles. The number of nitro benzene ring substituents is 1. The second-order valence-corrected chi connectivity index (χ2v) is 7.41. The number of anilines is 2. The number of ether oxygens (including phenoxy) is 1. The zero-order valence-corrected chi connectivity index (χ0v) is 17.1. The minimum absolute atomic E-state index is 0.0620. The normalized spacial score (nSPS) is 11.5. The average Bonchev–Trinajstić information content (AvgIpc) is 3.16. The standard InChI is InChI=1S/C19H15ClN4O5S/c1-10(29-18(26)14-6-5-12(20)8-15(14)21)17(25)23-19-22-16(9-30-19)11-3-2-4-13(7-11)24(27)28/h2-10H,21H2,1H3,(H,22,23,25). The second kappa shape index (κ2) is 8.89. The van der Waals surface area contributed by atoms with Crippen molar-refractivity contribution in [2.75, 3.05) is 11.1 Å². The number of hydrogen-bond acceptors (Lipinski definition) is 8. The van der Waals surface area contributed by atoms with Crippen LogP contribution in [0, 0.1) is 10.1 Å². The molecule has 0 aliphatic heterocycles. The van der Waals surface area contributed by atoms with Gasteiger partial charge in [-0.1, -0.05) is 23.7 Å². The summed E-state index contributed by atoms with van der Waals surface area (Å²) in [6.07, 6.45) is -1.11. The molecule has 1 unspecified atom stereocenters. The van der Waals surface area contributed by atoms with Gasteiger partial charge in [-0.15, -0.1) is 11.3 Å². The molecule has 0 radical (unpaired) electrons. The highest BCUT2D eigenvalue weighted by Gasteiger charge is 2.21.